The lowest BCUT2D eigenvalue weighted by atomic mass is 10.1. The standard InChI is InChI=1S/C16H14F3NO2S/c1-12-5-7-15(8-6-12)23(21,22)11-20-10-13-3-2-4-14(9-13)16(17,18)19/h2-10H,11H2,1H3. The average molecular weight is 341 g/mol. The molecule has 0 atom stereocenters. The van der Waals surface area contributed by atoms with Gasteiger partial charge in [-0.2, -0.15) is 13.2 Å². The zero-order valence-electron chi connectivity index (χ0n) is 12.2. The van der Waals surface area contributed by atoms with Crippen LogP contribution in [0, 0.1) is 6.92 Å². The Balaban J connectivity index is 2.14. The first-order valence-electron chi connectivity index (χ1n) is 6.65. The van der Waals surface area contributed by atoms with Gasteiger partial charge in [-0.05, 0) is 36.8 Å². The maximum Gasteiger partial charge on any atom is 0.416 e. The van der Waals surface area contributed by atoms with Crippen LogP contribution in [0.1, 0.15) is 16.7 Å². The molecule has 3 nitrogen and oxygen atoms in total. The van der Waals surface area contributed by atoms with E-state index >= 15 is 0 Å². The van der Waals surface area contributed by atoms with E-state index in [9.17, 15) is 21.6 Å². The van der Waals surface area contributed by atoms with E-state index in [4.69, 9.17) is 0 Å². The number of alkyl halides is 3. The van der Waals surface area contributed by atoms with Crippen LogP contribution in [0.4, 0.5) is 13.2 Å². The van der Waals surface area contributed by atoms with Crippen molar-refractivity contribution in [2.24, 2.45) is 4.99 Å². The summed E-state index contributed by atoms with van der Waals surface area (Å²) in [6.07, 6.45) is -3.32. The highest BCUT2D eigenvalue weighted by molar-refractivity contribution is 7.91. The predicted octanol–water partition coefficient (Wildman–Crippen LogP) is 3.86. The minimum absolute atomic E-state index is 0.129. The number of hydrogen-bond acceptors (Lipinski definition) is 3. The lowest BCUT2D eigenvalue weighted by Crippen LogP contribution is -2.06. The molecule has 0 unspecified atom stereocenters. The van der Waals surface area contributed by atoms with E-state index in [0.29, 0.717) is 0 Å². The van der Waals surface area contributed by atoms with Crippen LogP contribution in [-0.2, 0) is 16.0 Å². The van der Waals surface area contributed by atoms with Crippen molar-refractivity contribution in [1.82, 2.24) is 0 Å². The van der Waals surface area contributed by atoms with E-state index in [0.717, 1.165) is 23.9 Å². The van der Waals surface area contributed by atoms with Crippen molar-refractivity contribution >= 4 is 16.1 Å². The van der Waals surface area contributed by atoms with Gasteiger partial charge in [0.15, 0.2) is 9.84 Å². The second kappa shape index (κ2) is 6.54. The number of nitrogens with zero attached hydrogens (tertiary/aromatic N) is 1. The Morgan fingerprint density at radius 1 is 1.09 bits per heavy atom. The average Bonchev–Trinajstić information content (AvgIpc) is 2.47. The molecule has 0 aliphatic heterocycles. The normalized spacial score (nSPS) is 12.7. The molecule has 7 heteroatoms. The monoisotopic (exact) mass is 341 g/mol. The van der Waals surface area contributed by atoms with Crippen molar-refractivity contribution in [3.8, 4) is 0 Å². The molecule has 122 valence electrons. The van der Waals surface area contributed by atoms with Crippen molar-refractivity contribution < 1.29 is 21.6 Å². The minimum Gasteiger partial charge on any atom is -0.276 e. The molecule has 0 N–H and O–H groups in total. The zero-order valence-corrected chi connectivity index (χ0v) is 13.0. The molecule has 2 rings (SSSR count). The maximum atomic E-state index is 12.6. The van der Waals surface area contributed by atoms with Crippen molar-refractivity contribution in [2.45, 2.75) is 18.0 Å². The second-order valence-electron chi connectivity index (χ2n) is 4.99. The van der Waals surface area contributed by atoms with Crippen LogP contribution < -0.4 is 0 Å². The summed E-state index contributed by atoms with van der Waals surface area (Å²) < 4.78 is 61.9. The van der Waals surface area contributed by atoms with Gasteiger partial charge in [0.1, 0.15) is 5.88 Å². The van der Waals surface area contributed by atoms with Crippen molar-refractivity contribution in [3.63, 3.8) is 0 Å². The molecule has 0 bridgehead atoms. The third-order valence-electron chi connectivity index (χ3n) is 3.08. The van der Waals surface area contributed by atoms with Gasteiger partial charge in [-0.3, -0.25) is 4.99 Å². The molecule has 0 heterocycles. The van der Waals surface area contributed by atoms with Gasteiger partial charge in [-0.15, -0.1) is 0 Å². The quantitative estimate of drug-likeness (QED) is 0.793. The third-order valence-corrected chi connectivity index (χ3v) is 4.56. The van der Waals surface area contributed by atoms with E-state index in [2.05, 4.69) is 4.99 Å². The van der Waals surface area contributed by atoms with Crippen LogP contribution in [-0.4, -0.2) is 20.5 Å². The molecule has 23 heavy (non-hydrogen) atoms. The Bertz CT molecular complexity index is 810. The van der Waals surface area contributed by atoms with E-state index in [-0.39, 0.29) is 10.5 Å². The smallest absolute Gasteiger partial charge is 0.276 e. The molecule has 0 aliphatic carbocycles. The van der Waals surface area contributed by atoms with E-state index < -0.39 is 27.5 Å². The number of aliphatic imine (C=N–C) groups is 1. The zero-order chi connectivity index (χ0) is 17.1. The fraction of sp³-hybridized carbons (Fsp3) is 0.188. The van der Waals surface area contributed by atoms with Crippen molar-refractivity contribution in [2.75, 3.05) is 5.88 Å². The fourth-order valence-electron chi connectivity index (χ4n) is 1.86. The summed E-state index contributed by atoms with van der Waals surface area (Å²) in [6.45, 7) is 1.84. The van der Waals surface area contributed by atoms with Gasteiger partial charge in [-0.1, -0.05) is 29.8 Å². The summed E-state index contributed by atoms with van der Waals surface area (Å²) in [7, 11) is -3.61. The van der Waals surface area contributed by atoms with Gasteiger partial charge in [0.25, 0.3) is 0 Å². The molecule has 0 aliphatic rings. The van der Waals surface area contributed by atoms with Gasteiger partial charge in [0.05, 0.1) is 10.5 Å². The van der Waals surface area contributed by atoms with Crippen LogP contribution >= 0.6 is 0 Å². The van der Waals surface area contributed by atoms with Gasteiger partial charge >= 0.3 is 6.18 Å². The van der Waals surface area contributed by atoms with Crippen LogP contribution in [0.15, 0.2) is 58.4 Å². The number of rotatable bonds is 4. The molecule has 2 aromatic carbocycles. The van der Waals surface area contributed by atoms with Gasteiger partial charge in [0, 0.05) is 6.21 Å². The number of sulfone groups is 1. The Kier molecular flexibility index (Phi) is 4.89. The number of benzene rings is 2. The number of halogens is 3. The Labute approximate surface area is 132 Å². The van der Waals surface area contributed by atoms with E-state index in [1.165, 1.54) is 24.3 Å². The van der Waals surface area contributed by atoms with Crippen molar-refractivity contribution in [1.29, 1.82) is 0 Å². The maximum absolute atomic E-state index is 12.6. The largest absolute Gasteiger partial charge is 0.416 e. The summed E-state index contributed by atoms with van der Waals surface area (Å²) in [5, 5.41) is 0. The summed E-state index contributed by atoms with van der Waals surface area (Å²) in [4.78, 5) is 3.88. The van der Waals surface area contributed by atoms with Crippen LogP contribution in [0.5, 0.6) is 0 Å². The van der Waals surface area contributed by atoms with Crippen LogP contribution in [0.3, 0.4) is 0 Å². The van der Waals surface area contributed by atoms with Gasteiger partial charge in [0.2, 0.25) is 0 Å². The van der Waals surface area contributed by atoms with E-state index in [1.54, 1.807) is 12.1 Å². The molecule has 0 fully saturated rings. The summed E-state index contributed by atoms with van der Waals surface area (Å²) in [5.41, 5.74) is 0.318. The first kappa shape index (κ1) is 17.2. The van der Waals surface area contributed by atoms with E-state index in [1.807, 2.05) is 6.92 Å². The highest BCUT2D eigenvalue weighted by Gasteiger charge is 2.30. The van der Waals surface area contributed by atoms with Crippen molar-refractivity contribution in [3.05, 3.63) is 65.2 Å². The molecule has 0 spiro atoms. The molecule has 0 amide bonds. The number of hydrogen-bond donors (Lipinski definition) is 0. The lowest BCUT2D eigenvalue weighted by molar-refractivity contribution is -0.137. The molecule has 2 aromatic rings. The highest BCUT2D eigenvalue weighted by atomic mass is 32.2. The molecular weight excluding hydrogens is 327 g/mol. The Morgan fingerprint density at radius 3 is 2.35 bits per heavy atom. The molecule has 0 saturated carbocycles. The molecule has 0 aromatic heterocycles. The van der Waals surface area contributed by atoms with Crippen LogP contribution in [0.25, 0.3) is 0 Å². The van der Waals surface area contributed by atoms with Gasteiger partial charge < -0.3 is 0 Å². The Morgan fingerprint density at radius 2 is 1.74 bits per heavy atom. The lowest BCUT2D eigenvalue weighted by Gasteiger charge is -2.06. The topological polar surface area (TPSA) is 46.5 Å². The first-order valence-corrected chi connectivity index (χ1v) is 8.30. The number of aryl methyl sites for hydroxylation is 1. The molecular formula is C16H14F3NO2S. The third kappa shape index (κ3) is 4.66. The Hall–Kier alpha value is -2.15. The minimum atomic E-state index is -4.45. The summed E-state index contributed by atoms with van der Waals surface area (Å²) in [6, 6.07) is 10.8. The summed E-state index contributed by atoms with van der Waals surface area (Å²) in [5.74, 6) is -0.522. The first-order chi connectivity index (χ1) is 10.7. The second-order valence-corrected chi connectivity index (χ2v) is 6.95. The highest BCUT2D eigenvalue weighted by Crippen LogP contribution is 2.29. The molecule has 0 saturated heterocycles. The van der Waals surface area contributed by atoms with Crippen LogP contribution in [0.2, 0.25) is 0 Å². The fourth-order valence-corrected chi connectivity index (χ4v) is 2.83. The van der Waals surface area contributed by atoms with Gasteiger partial charge in [-0.25, -0.2) is 8.42 Å². The molecule has 0 radical (unpaired) electrons. The summed E-state index contributed by atoms with van der Waals surface area (Å²) >= 11 is 0. The predicted molar refractivity (Wildman–Crippen MR) is 82.3 cm³/mol. The SMILES string of the molecule is Cc1ccc(S(=O)(=O)CN=Cc2cccc(C(F)(F)F)c2)cc1.